The van der Waals surface area contributed by atoms with Crippen LogP contribution in [0.4, 0.5) is 0 Å². The lowest BCUT2D eigenvalue weighted by Gasteiger charge is -2.55. The maximum atomic E-state index is 12.4. The molecular formula is C20H29N3O4. The largest absolute Gasteiger partial charge is 0.394 e. The van der Waals surface area contributed by atoms with Crippen LogP contribution in [0.15, 0.2) is 30.3 Å². The quantitative estimate of drug-likeness (QED) is 0.712. The molecule has 3 rings (SSSR count). The van der Waals surface area contributed by atoms with E-state index in [0.717, 1.165) is 18.7 Å². The average molecular weight is 375 g/mol. The Balaban J connectivity index is 1.65. The number of aliphatic hydroxyl groups is 1. The molecular weight excluding hydrogens is 346 g/mol. The van der Waals surface area contributed by atoms with Crippen molar-refractivity contribution in [2.24, 2.45) is 0 Å². The Morgan fingerprint density at radius 3 is 2.52 bits per heavy atom. The molecule has 0 saturated carbocycles. The van der Waals surface area contributed by atoms with Gasteiger partial charge < -0.3 is 20.1 Å². The first-order valence-corrected chi connectivity index (χ1v) is 9.69. The van der Waals surface area contributed by atoms with E-state index in [0.29, 0.717) is 32.7 Å². The van der Waals surface area contributed by atoms with E-state index in [4.69, 9.17) is 4.74 Å². The summed E-state index contributed by atoms with van der Waals surface area (Å²) in [5.74, 6) is -0.0101. The van der Waals surface area contributed by atoms with E-state index in [-0.39, 0.29) is 36.4 Å². The molecule has 2 saturated heterocycles. The number of morpholine rings is 1. The van der Waals surface area contributed by atoms with E-state index in [2.05, 4.69) is 10.2 Å². The number of carbonyl (C=O) groups is 2. The first-order chi connectivity index (χ1) is 13.2. The van der Waals surface area contributed by atoms with E-state index in [9.17, 15) is 14.7 Å². The Labute approximate surface area is 160 Å². The number of aliphatic hydroxyl groups excluding tert-OH is 1. The summed E-state index contributed by atoms with van der Waals surface area (Å²) in [6, 6.07) is 9.54. The van der Waals surface area contributed by atoms with Gasteiger partial charge in [-0.1, -0.05) is 37.3 Å². The molecule has 0 spiro atoms. The first-order valence-electron chi connectivity index (χ1n) is 9.69. The van der Waals surface area contributed by atoms with Crippen LogP contribution >= 0.6 is 0 Å². The predicted molar refractivity (Wildman–Crippen MR) is 101 cm³/mol. The lowest BCUT2D eigenvalue weighted by atomic mass is 9.75. The third-order valence-corrected chi connectivity index (χ3v) is 5.48. The molecule has 7 heteroatoms. The van der Waals surface area contributed by atoms with Gasteiger partial charge in [0.05, 0.1) is 38.4 Å². The van der Waals surface area contributed by atoms with Crippen molar-refractivity contribution in [3.63, 3.8) is 0 Å². The Kier molecular flexibility index (Phi) is 6.82. The van der Waals surface area contributed by atoms with Gasteiger partial charge in [-0.15, -0.1) is 0 Å². The average Bonchev–Trinajstić information content (AvgIpc) is 2.68. The van der Waals surface area contributed by atoms with Crippen molar-refractivity contribution < 1.29 is 19.4 Å². The van der Waals surface area contributed by atoms with E-state index >= 15 is 0 Å². The van der Waals surface area contributed by atoms with Gasteiger partial charge in [0.15, 0.2) is 0 Å². The molecule has 2 amide bonds. The molecule has 0 aliphatic carbocycles. The highest BCUT2D eigenvalue weighted by Gasteiger charge is 2.50. The number of amides is 2. The summed E-state index contributed by atoms with van der Waals surface area (Å²) in [7, 11) is 0. The van der Waals surface area contributed by atoms with Crippen molar-refractivity contribution in [2.45, 2.75) is 31.3 Å². The lowest BCUT2D eigenvalue weighted by Crippen LogP contribution is -2.68. The maximum Gasteiger partial charge on any atom is 0.234 e. The van der Waals surface area contributed by atoms with Gasteiger partial charge in [0.1, 0.15) is 0 Å². The van der Waals surface area contributed by atoms with Crippen LogP contribution in [0.1, 0.15) is 24.8 Å². The molecule has 2 aliphatic heterocycles. The fourth-order valence-corrected chi connectivity index (χ4v) is 4.08. The van der Waals surface area contributed by atoms with Gasteiger partial charge in [0.2, 0.25) is 11.8 Å². The molecule has 0 unspecified atom stereocenters. The summed E-state index contributed by atoms with van der Waals surface area (Å²) >= 11 is 0. The van der Waals surface area contributed by atoms with Gasteiger partial charge in [-0.25, -0.2) is 0 Å². The summed E-state index contributed by atoms with van der Waals surface area (Å²) in [6.45, 7) is 5.31. The first kappa shape index (κ1) is 19.8. The Morgan fingerprint density at radius 2 is 1.89 bits per heavy atom. The molecule has 2 heterocycles. The minimum absolute atomic E-state index is 0.00802. The third kappa shape index (κ3) is 4.48. The van der Waals surface area contributed by atoms with Crippen molar-refractivity contribution >= 4 is 11.8 Å². The fourth-order valence-electron chi connectivity index (χ4n) is 4.08. The summed E-state index contributed by atoms with van der Waals surface area (Å²) in [5, 5.41) is 12.8. The van der Waals surface area contributed by atoms with Crippen LogP contribution in [0.25, 0.3) is 0 Å². The number of benzene rings is 1. The SMILES string of the molecule is CCC(=O)N1[C@H](CO)[C@@H](c2ccccc2)[C@@H]1CNC(=O)CN1CCOCC1. The minimum Gasteiger partial charge on any atom is -0.394 e. The highest BCUT2D eigenvalue weighted by atomic mass is 16.5. The highest BCUT2D eigenvalue weighted by molar-refractivity contribution is 5.80. The van der Waals surface area contributed by atoms with Crippen molar-refractivity contribution in [3.8, 4) is 0 Å². The van der Waals surface area contributed by atoms with Crippen molar-refractivity contribution in [3.05, 3.63) is 35.9 Å². The predicted octanol–water partition coefficient (Wildman–Crippen LogP) is 0.200. The Morgan fingerprint density at radius 1 is 1.19 bits per heavy atom. The summed E-state index contributed by atoms with van der Waals surface area (Å²) < 4.78 is 5.30. The monoisotopic (exact) mass is 375 g/mol. The molecule has 1 aromatic rings. The molecule has 0 aromatic heterocycles. The summed E-state index contributed by atoms with van der Waals surface area (Å²) in [4.78, 5) is 28.6. The van der Waals surface area contributed by atoms with Gasteiger partial charge in [-0.3, -0.25) is 14.5 Å². The second-order valence-corrected chi connectivity index (χ2v) is 7.10. The normalized spacial score (nSPS) is 25.7. The van der Waals surface area contributed by atoms with Crippen molar-refractivity contribution in [1.29, 1.82) is 0 Å². The number of nitrogens with one attached hydrogen (secondary N) is 1. The van der Waals surface area contributed by atoms with E-state index in [1.54, 1.807) is 4.90 Å². The number of carbonyl (C=O) groups excluding carboxylic acids is 2. The van der Waals surface area contributed by atoms with Gasteiger partial charge >= 0.3 is 0 Å². The number of hydrogen-bond donors (Lipinski definition) is 2. The molecule has 2 fully saturated rings. The van der Waals surface area contributed by atoms with Crippen LogP contribution < -0.4 is 5.32 Å². The number of likely N-dealkylation sites (tertiary alicyclic amines) is 1. The number of nitrogens with zero attached hydrogens (tertiary/aromatic N) is 2. The molecule has 0 radical (unpaired) electrons. The van der Waals surface area contributed by atoms with Gasteiger partial charge in [-0.2, -0.15) is 0 Å². The third-order valence-electron chi connectivity index (χ3n) is 5.48. The number of hydrogen-bond acceptors (Lipinski definition) is 5. The number of ether oxygens (including phenoxy) is 1. The van der Waals surface area contributed by atoms with Crippen LogP contribution in [-0.4, -0.2) is 84.8 Å². The lowest BCUT2D eigenvalue weighted by molar-refractivity contribution is -0.150. The molecule has 148 valence electrons. The zero-order valence-electron chi connectivity index (χ0n) is 15.8. The van der Waals surface area contributed by atoms with E-state index < -0.39 is 0 Å². The van der Waals surface area contributed by atoms with Crippen LogP contribution in [0.5, 0.6) is 0 Å². The fraction of sp³-hybridized carbons (Fsp3) is 0.600. The van der Waals surface area contributed by atoms with Gasteiger partial charge in [0, 0.05) is 32.0 Å². The Hall–Kier alpha value is -1.96. The van der Waals surface area contributed by atoms with E-state index in [1.165, 1.54) is 0 Å². The molecule has 1 aromatic carbocycles. The molecule has 27 heavy (non-hydrogen) atoms. The number of rotatable bonds is 7. The minimum atomic E-state index is -0.235. The topological polar surface area (TPSA) is 82.1 Å². The van der Waals surface area contributed by atoms with E-state index in [1.807, 2.05) is 37.3 Å². The molecule has 7 nitrogen and oxygen atoms in total. The summed E-state index contributed by atoms with van der Waals surface area (Å²) in [5.41, 5.74) is 1.09. The Bertz CT molecular complexity index is 633. The second-order valence-electron chi connectivity index (χ2n) is 7.10. The van der Waals surface area contributed by atoms with Gasteiger partial charge in [0.25, 0.3) is 0 Å². The second kappa shape index (κ2) is 9.30. The summed E-state index contributed by atoms with van der Waals surface area (Å²) in [6.07, 6.45) is 0.385. The van der Waals surface area contributed by atoms with Crippen LogP contribution in [0.3, 0.4) is 0 Å². The highest BCUT2D eigenvalue weighted by Crippen LogP contribution is 2.40. The van der Waals surface area contributed by atoms with Crippen molar-refractivity contribution in [2.75, 3.05) is 46.0 Å². The van der Waals surface area contributed by atoms with Crippen molar-refractivity contribution in [1.82, 2.24) is 15.1 Å². The molecule has 2 N–H and O–H groups in total. The van der Waals surface area contributed by atoms with Crippen LogP contribution in [0.2, 0.25) is 0 Å². The van der Waals surface area contributed by atoms with Crippen LogP contribution in [0, 0.1) is 0 Å². The zero-order valence-corrected chi connectivity index (χ0v) is 15.8. The zero-order chi connectivity index (χ0) is 19.2. The maximum absolute atomic E-state index is 12.4. The molecule has 3 atom stereocenters. The van der Waals surface area contributed by atoms with Gasteiger partial charge in [-0.05, 0) is 5.56 Å². The smallest absolute Gasteiger partial charge is 0.234 e. The van der Waals surface area contributed by atoms with Crippen LogP contribution in [-0.2, 0) is 14.3 Å². The standard InChI is InChI=1S/C20H29N3O4/c1-2-19(26)23-16(12-21-18(25)13-22-8-10-27-11-9-22)20(17(23)14-24)15-6-4-3-5-7-15/h3-7,16-17,20,24H,2,8-14H2,1H3,(H,21,25)/t16-,17+,20-/m0/s1. The molecule has 2 aliphatic rings. The molecule has 0 bridgehead atoms.